The van der Waals surface area contributed by atoms with Gasteiger partial charge in [-0.05, 0) is 42.8 Å². The molecular formula is C18H12N2O3. The number of aromatic amines is 1. The molecule has 1 aliphatic heterocycles. The summed E-state index contributed by atoms with van der Waals surface area (Å²) in [6.45, 7) is 1.82. The fourth-order valence-electron chi connectivity index (χ4n) is 2.97. The summed E-state index contributed by atoms with van der Waals surface area (Å²) in [7, 11) is 0. The van der Waals surface area contributed by atoms with E-state index in [0.717, 1.165) is 10.9 Å². The number of imide groups is 1. The number of nitrogens with zero attached hydrogens (tertiary/aromatic N) is 1. The van der Waals surface area contributed by atoms with Crippen molar-refractivity contribution in [3.8, 4) is 0 Å². The molecule has 2 heterocycles. The number of hydrogen-bond acceptors (Lipinski definition) is 3. The minimum atomic E-state index is -0.327. The maximum absolute atomic E-state index is 12.5. The molecule has 23 heavy (non-hydrogen) atoms. The molecule has 0 saturated heterocycles. The van der Waals surface area contributed by atoms with Crippen LogP contribution in [0.15, 0.2) is 53.3 Å². The highest BCUT2D eigenvalue weighted by Crippen LogP contribution is 2.30. The van der Waals surface area contributed by atoms with Crippen LogP contribution >= 0.6 is 0 Å². The van der Waals surface area contributed by atoms with Crippen LogP contribution in [0.2, 0.25) is 0 Å². The van der Waals surface area contributed by atoms with E-state index in [0.29, 0.717) is 22.3 Å². The van der Waals surface area contributed by atoms with Crippen molar-refractivity contribution in [2.75, 3.05) is 4.90 Å². The van der Waals surface area contributed by atoms with Gasteiger partial charge in [-0.15, -0.1) is 0 Å². The maximum atomic E-state index is 12.5. The molecule has 5 nitrogen and oxygen atoms in total. The Morgan fingerprint density at radius 2 is 1.52 bits per heavy atom. The summed E-state index contributed by atoms with van der Waals surface area (Å²) >= 11 is 0. The number of nitrogens with one attached hydrogen (secondary N) is 1. The van der Waals surface area contributed by atoms with Crippen molar-refractivity contribution in [3.05, 3.63) is 75.6 Å². The van der Waals surface area contributed by atoms with Gasteiger partial charge in [0.2, 0.25) is 5.56 Å². The summed E-state index contributed by atoms with van der Waals surface area (Å²) in [5.74, 6) is -0.654. The fraction of sp³-hybridized carbons (Fsp3) is 0.0556. The number of aryl methyl sites for hydroxylation is 1. The summed E-state index contributed by atoms with van der Waals surface area (Å²) in [6, 6.07) is 13.4. The lowest BCUT2D eigenvalue weighted by Crippen LogP contribution is -2.29. The summed E-state index contributed by atoms with van der Waals surface area (Å²) in [5.41, 5.74) is 2.62. The minimum Gasteiger partial charge on any atom is -0.322 e. The van der Waals surface area contributed by atoms with E-state index in [4.69, 9.17) is 0 Å². The average molecular weight is 304 g/mol. The second kappa shape index (κ2) is 4.64. The molecule has 0 bridgehead atoms. The monoisotopic (exact) mass is 304 g/mol. The Labute approximate surface area is 131 Å². The Morgan fingerprint density at radius 3 is 2.17 bits per heavy atom. The largest absolute Gasteiger partial charge is 0.322 e. The van der Waals surface area contributed by atoms with Crippen molar-refractivity contribution >= 4 is 28.4 Å². The van der Waals surface area contributed by atoms with Crippen LogP contribution in [0.25, 0.3) is 10.9 Å². The Morgan fingerprint density at radius 1 is 0.870 bits per heavy atom. The second-order valence-corrected chi connectivity index (χ2v) is 5.54. The van der Waals surface area contributed by atoms with Gasteiger partial charge in [-0.25, -0.2) is 4.90 Å². The highest BCUT2D eigenvalue weighted by molar-refractivity contribution is 6.34. The van der Waals surface area contributed by atoms with Crippen molar-refractivity contribution in [2.45, 2.75) is 6.92 Å². The first-order valence-electron chi connectivity index (χ1n) is 7.18. The van der Waals surface area contributed by atoms with E-state index in [1.165, 1.54) is 11.0 Å². The van der Waals surface area contributed by atoms with E-state index in [1.807, 2.05) is 6.92 Å². The van der Waals surface area contributed by atoms with E-state index in [-0.39, 0.29) is 17.4 Å². The molecule has 2 aromatic carbocycles. The molecule has 1 N–H and O–H groups in total. The SMILES string of the molecule is Cc1cc(=O)[nH]c2ccc(N3C(=O)c4ccccc4C3=O)cc12. The number of fused-ring (bicyclic) bond motifs is 2. The van der Waals surface area contributed by atoms with Crippen LogP contribution in [0.3, 0.4) is 0 Å². The Hall–Kier alpha value is -3.21. The lowest BCUT2D eigenvalue weighted by Gasteiger charge is -2.15. The van der Waals surface area contributed by atoms with E-state index in [1.54, 1.807) is 42.5 Å². The molecule has 4 rings (SSSR count). The van der Waals surface area contributed by atoms with E-state index < -0.39 is 0 Å². The lowest BCUT2D eigenvalue weighted by atomic mass is 10.1. The van der Waals surface area contributed by atoms with Crippen LogP contribution in [0, 0.1) is 6.92 Å². The third-order valence-electron chi connectivity index (χ3n) is 4.09. The van der Waals surface area contributed by atoms with Crippen molar-refractivity contribution < 1.29 is 9.59 Å². The molecule has 3 aromatic rings. The standard InChI is InChI=1S/C18H12N2O3/c1-10-8-16(21)19-15-7-6-11(9-14(10)15)20-17(22)12-4-2-3-5-13(12)18(20)23/h2-9H,1H3,(H,19,21). The molecule has 1 aliphatic rings. The first kappa shape index (κ1) is 13.5. The Bertz CT molecular complexity index is 1010. The number of pyridine rings is 1. The molecule has 1 aromatic heterocycles. The van der Waals surface area contributed by atoms with Crippen LogP contribution in [-0.4, -0.2) is 16.8 Å². The van der Waals surface area contributed by atoms with Gasteiger partial charge in [0.1, 0.15) is 0 Å². The van der Waals surface area contributed by atoms with Crippen molar-refractivity contribution in [2.24, 2.45) is 0 Å². The van der Waals surface area contributed by atoms with Crippen LogP contribution < -0.4 is 10.5 Å². The van der Waals surface area contributed by atoms with Gasteiger partial charge in [0.25, 0.3) is 11.8 Å². The zero-order valence-electron chi connectivity index (χ0n) is 12.3. The molecule has 0 aliphatic carbocycles. The molecular weight excluding hydrogens is 292 g/mol. The zero-order chi connectivity index (χ0) is 16.1. The van der Waals surface area contributed by atoms with Gasteiger partial charge in [-0.1, -0.05) is 12.1 Å². The number of carbonyl (C=O) groups is 2. The lowest BCUT2D eigenvalue weighted by molar-refractivity contribution is 0.0926. The summed E-state index contributed by atoms with van der Waals surface area (Å²) < 4.78 is 0. The summed E-state index contributed by atoms with van der Waals surface area (Å²) in [5, 5.41) is 0.804. The molecule has 0 atom stereocenters. The molecule has 112 valence electrons. The van der Waals surface area contributed by atoms with Gasteiger partial charge in [-0.2, -0.15) is 0 Å². The van der Waals surface area contributed by atoms with E-state index >= 15 is 0 Å². The van der Waals surface area contributed by atoms with Crippen molar-refractivity contribution in [3.63, 3.8) is 0 Å². The molecule has 0 unspecified atom stereocenters. The number of amides is 2. The van der Waals surface area contributed by atoms with Crippen molar-refractivity contribution in [1.82, 2.24) is 4.98 Å². The fourth-order valence-corrected chi connectivity index (χ4v) is 2.97. The normalized spacial score (nSPS) is 13.7. The minimum absolute atomic E-state index is 0.177. The smallest absolute Gasteiger partial charge is 0.266 e. The van der Waals surface area contributed by atoms with E-state index in [9.17, 15) is 14.4 Å². The summed E-state index contributed by atoms with van der Waals surface area (Å²) in [6.07, 6.45) is 0. The van der Waals surface area contributed by atoms with Gasteiger partial charge in [0, 0.05) is 17.0 Å². The predicted molar refractivity (Wildman–Crippen MR) is 86.9 cm³/mol. The number of anilines is 1. The number of benzene rings is 2. The van der Waals surface area contributed by atoms with Crippen molar-refractivity contribution in [1.29, 1.82) is 0 Å². The van der Waals surface area contributed by atoms with Crippen LogP contribution in [0.4, 0.5) is 5.69 Å². The number of carbonyl (C=O) groups excluding carboxylic acids is 2. The number of aromatic nitrogens is 1. The third-order valence-corrected chi connectivity index (χ3v) is 4.09. The average Bonchev–Trinajstić information content (AvgIpc) is 2.79. The van der Waals surface area contributed by atoms with Gasteiger partial charge < -0.3 is 4.98 Å². The number of H-pyrrole nitrogens is 1. The quantitative estimate of drug-likeness (QED) is 0.703. The van der Waals surface area contributed by atoms with Gasteiger partial charge in [0.15, 0.2) is 0 Å². The highest BCUT2D eigenvalue weighted by Gasteiger charge is 2.36. The van der Waals surface area contributed by atoms with Crippen LogP contribution in [-0.2, 0) is 0 Å². The van der Waals surface area contributed by atoms with Gasteiger partial charge in [0.05, 0.1) is 16.8 Å². The maximum Gasteiger partial charge on any atom is 0.266 e. The highest BCUT2D eigenvalue weighted by atomic mass is 16.2. The first-order valence-corrected chi connectivity index (χ1v) is 7.18. The van der Waals surface area contributed by atoms with Crippen LogP contribution in [0.1, 0.15) is 26.3 Å². The third kappa shape index (κ3) is 1.90. The summed E-state index contributed by atoms with van der Waals surface area (Å²) in [4.78, 5) is 40.5. The second-order valence-electron chi connectivity index (χ2n) is 5.54. The Balaban J connectivity index is 1.89. The molecule has 2 amide bonds. The number of rotatable bonds is 1. The topological polar surface area (TPSA) is 70.2 Å². The number of hydrogen-bond donors (Lipinski definition) is 1. The van der Waals surface area contributed by atoms with Gasteiger partial charge in [-0.3, -0.25) is 14.4 Å². The molecule has 0 fully saturated rings. The van der Waals surface area contributed by atoms with E-state index in [2.05, 4.69) is 4.98 Å². The zero-order valence-corrected chi connectivity index (χ0v) is 12.3. The Kier molecular flexibility index (Phi) is 2.72. The first-order chi connectivity index (χ1) is 11.1. The molecule has 0 spiro atoms. The van der Waals surface area contributed by atoms with Crippen LogP contribution in [0.5, 0.6) is 0 Å². The predicted octanol–water partition coefficient (Wildman–Crippen LogP) is 2.64. The molecule has 5 heteroatoms. The molecule has 0 radical (unpaired) electrons. The molecule has 0 saturated carbocycles. The van der Waals surface area contributed by atoms with Gasteiger partial charge >= 0.3 is 0 Å².